The summed E-state index contributed by atoms with van der Waals surface area (Å²) in [5.41, 5.74) is 0. The van der Waals surface area contributed by atoms with Crippen molar-refractivity contribution in [1.82, 2.24) is 0 Å². The van der Waals surface area contributed by atoms with Gasteiger partial charge in [-0.05, 0) is 19.3 Å². The Kier molecular flexibility index (Phi) is 7.35. The van der Waals surface area contributed by atoms with Crippen LogP contribution < -0.4 is 0 Å². The van der Waals surface area contributed by atoms with E-state index in [4.69, 9.17) is 46.4 Å². The first-order valence-electron chi connectivity index (χ1n) is 3.69. The van der Waals surface area contributed by atoms with Gasteiger partial charge in [0, 0.05) is 5.88 Å². The Morgan fingerprint density at radius 1 is 0.818 bits per heavy atom. The van der Waals surface area contributed by atoms with E-state index in [0.29, 0.717) is 6.42 Å². The molecule has 0 N–H and O–H groups in total. The summed E-state index contributed by atoms with van der Waals surface area (Å²) < 4.78 is -1.07. The Bertz CT molecular complexity index is 86.9. The van der Waals surface area contributed by atoms with Gasteiger partial charge in [0.1, 0.15) is 0 Å². The highest BCUT2D eigenvalue weighted by Gasteiger charge is 2.17. The van der Waals surface area contributed by atoms with E-state index >= 15 is 0 Å². The van der Waals surface area contributed by atoms with E-state index in [1.165, 1.54) is 0 Å². The molecule has 0 fully saturated rings. The van der Waals surface area contributed by atoms with Gasteiger partial charge in [0.2, 0.25) is 0 Å². The largest absolute Gasteiger partial charge is 0.190 e. The topological polar surface area (TPSA) is 0 Å². The SMILES string of the molecule is ClCCCCCCC(Cl)(Cl)Cl. The molecule has 0 spiro atoms. The third-order valence-corrected chi connectivity index (χ3v) is 2.18. The quantitative estimate of drug-likeness (QED) is 0.487. The minimum Gasteiger partial charge on any atom is -0.127 e. The van der Waals surface area contributed by atoms with E-state index in [9.17, 15) is 0 Å². The first-order chi connectivity index (χ1) is 5.06. The van der Waals surface area contributed by atoms with Crippen molar-refractivity contribution < 1.29 is 0 Å². The van der Waals surface area contributed by atoms with Crippen molar-refractivity contribution in [2.45, 2.75) is 35.9 Å². The van der Waals surface area contributed by atoms with Crippen LogP contribution in [0.5, 0.6) is 0 Å². The second-order valence-corrected chi connectivity index (χ2v) is 5.36. The monoisotopic (exact) mass is 236 g/mol. The molecular weight excluding hydrogens is 226 g/mol. The molecule has 0 aliphatic heterocycles. The van der Waals surface area contributed by atoms with Crippen LogP contribution in [0.15, 0.2) is 0 Å². The lowest BCUT2D eigenvalue weighted by Crippen LogP contribution is -2.00. The smallest absolute Gasteiger partial charge is 0.127 e. The van der Waals surface area contributed by atoms with Crippen molar-refractivity contribution in [1.29, 1.82) is 0 Å². The van der Waals surface area contributed by atoms with E-state index in [2.05, 4.69) is 0 Å². The summed E-state index contributed by atoms with van der Waals surface area (Å²) in [6.07, 6.45) is 4.89. The number of rotatable bonds is 5. The molecule has 0 saturated carbocycles. The highest BCUT2D eigenvalue weighted by molar-refractivity contribution is 6.67. The van der Waals surface area contributed by atoms with E-state index in [-0.39, 0.29) is 0 Å². The average molecular weight is 238 g/mol. The van der Waals surface area contributed by atoms with Gasteiger partial charge in [-0.25, -0.2) is 0 Å². The predicted molar refractivity (Wildman–Crippen MR) is 54.1 cm³/mol. The average Bonchev–Trinajstić information content (AvgIpc) is 1.85. The van der Waals surface area contributed by atoms with Crippen LogP contribution in [0, 0.1) is 0 Å². The van der Waals surface area contributed by atoms with Gasteiger partial charge in [0.25, 0.3) is 0 Å². The van der Waals surface area contributed by atoms with E-state index in [1.807, 2.05) is 0 Å². The van der Waals surface area contributed by atoms with Crippen molar-refractivity contribution in [2.24, 2.45) is 0 Å². The molecule has 11 heavy (non-hydrogen) atoms. The Morgan fingerprint density at radius 2 is 1.36 bits per heavy atom. The van der Waals surface area contributed by atoms with Gasteiger partial charge < -0.3 is 0 Å². The summed E-state index contributed by atoms with van der Waals surface area (Å²) in [7, 11) is 0. The van der Waals surface area contributed by atoms with Gasteiger partial charge in [0.05, 0.1) is 0 Å². The van der Waals surface area contributed by atoms with Gasteiger partial charge in [0.15, 0.2) is 3.79 Å². The van der Waals surface area contributed by atoms with E-state index in [1.54, 1.807) is 0 Å². The van der Waals surface area contributed by atoms with Crippen molar-refractivity contribution in [3.63, 3.8) is 0 Å². The molecule has 0 bridgehead atoms. The van der Waals surface area contributed by atoms with Crippen molar-refractivity contribution in [3.05, 3.63) is 0 Å². The highest BCUT2D eigenvalue weighted by Crippen LogP contribution is 2.31. The maximum atomic E-state index is 5.55. The summed E-state index contributed by atoms with van der Waals surface area (Å²) in [6, 6.07) is 0. The number of halogens is 4. The Balaban J connectivity index is 3.02. The van der Waals surface area contributed by atoms with Gasteiger partial charge in [-0.2, -0.15) is 0 Å². The number of alkyl halides is 4. The van der Waals surface area contributed by atoms with Gasteiger partial charge in [-0.1, -0.05) is 47.6 Å². The highest BCUT2D eigenvalue weighted by atomic mass is 35.6. The molecular formula is C7H12Cl4. The molecule has 0 unspecified atom stereocenters. The number of unbranched alkanes of at least 4 members (excludes halogenated alkanes) is 3. The molecule has 0 atom stereocenters. The molecule has 68 valence electrons. The fourth-order valence-electron chi connectivity index (χ4n) is 0.773. The van der Waals surface area contributed by atoms with Crippen LogP contribution in [-0.2, 0) is 0 Å². The fraction of sp³-hybridized carbons (Fsp3) is 1.00. The zero-order valence-corrected chi connectivity index (χ0v) is 9.28. The normalized spacial score (nSPS) is 12.0. The molecule has 4 heteroatoms. The lowest BCUT2D eigenvalue weighted by Gasteiger charge is -2.08. The Morgan fingerprint density at radius 3 is 1.82 bits per heavy atom. The number of hydrogen-bond acceptors (Lipinski definition) is 0. The molecule has 0 saturated heterocycles. The second kappa shape index (κ2) is 6.65. The van der Waals surface area contributed by atoms with Crippen molar-refractivity contribution >= 4 is 46.4 Å². The van der Waals surface area contributed by atoms with E-state index < -0.39 is 3.79 Å². The van der Waals surface area contributed by atoms with Crippen LogP contribution in [-0.4, -0.2) is 9.67 Å². The van der Waals surface area contributed by atoms with Crippen LogP contribution in [0.25, 0.3) is 0 Å². The minimum absolute atomic E-state index is 0.639. The summed E-state index contributed by atoms with van der Waals surface area (Å²) in [4.78, 5) is 0. The lowest BCUT2D eigenvalue weighted by molar-refractivity contribution is 0.641. The molecule has 0 aliphatic carbocycles. The summed E-state index contributed by atoms with van der Waals surface area (Å²) >= 11 is 22.1. The Hall–Kier alpha value is 1.16. The number of hydrogen-bond donors (Lipinski definition) is 0. The van der Waals surface area contributed by atoms with Gasteiger partial charge >= 0.3 is 0 Å². The minimum atomic E-state index is -1.07. The third kappa shape index (κ3) is 11.2. The lowest BCUT2D eigenvalue weighted by atomic mass is 10.2. The maximum absolute atomic E-state index is 5.55. The molecule has 0 aromatic rings. The third-order valence-electron chi connectivity index (χ3n) is 1.34. The van der Waals surface area contributed by atoms with Crippen LogP contribution in [0.4, 0.5) is 0 Å². The second-order valence-electron chi connectivity index (χ2n) is 2.47. The molecule has 0 aliphatic rings. The molecule has 0 heterocycles. The summed E-state index contributed by atoms with van der Waals surface area (Å²) in [6.45, 7) is 0. The molecule has 0 radical (unpaired) electrons. The standard InChI is InChI=1S/C7H12Cl4/c8-6-4-2-1-3-5-7(9,10)11/h1-6H2. The van der Waals surface area contributed by atoms with Gasteiger partial charge in [-0.15, -0.1) is 11.6 Å². The molecule has 0 aromatic heterocycles. The van der Waals surface area contributed by atoms with Gasteiger partial charge in [-0.3, -0.25) is 0 Å². The van der Waals surface area contributed by atoms with Crippen molar-refractivity contribution in [2.75, 3.05) is 5.88 Å². The molecule has 0 rings (SSSR count). The molecule has 0 amide bonds. The summed E-state index contributed by atoms with van der Waals surface area (Å²) in [5.74, 6) is 0.730. The predicted octanol–water partition coefficient (Wildman–Crippen LogP) is 4.55. The summed E-state index contributed by atoms with van der Waals surface area (Å²) in [5, 5.41) is 0. The zero-order valence-electron chi connectivity index (χ0n) is 6.25. The van der Waals surface area contributed by atoms with Crippen LogP contribution in [0.3, 0.4) is 0 Å². The van der Waals surface area contributed by atoms with Crippen LogP contribution in [0.1, 0.15) is 32.1 Å². The first-order valence-corrected chi connectivity index (χ1v) is 5.36. The first kappa shape index (κ1) is 12.2. The zero-order chi connectivity index (χ0) is 8.74. The Labute approximate surface area is 88.1 Å². The van der Waals surface area contributed by atoms with Crippen molar-refractivity contribution in [3.8, 4) is 0 Å². The fourth-order valence-corrected chi connectivity index (χ4v) is 1.36. The molecule has 0 aromatic carbocycles. The maximum Gasteiger partial charge on any atom is 0.190 e. The van der Waals surface area contributed by atoms with Crippen LogP contribution >= 0.6 is 46.4 Å². The van der Waals surface area contributed by atoms with Crippen LogP contribution in [0.2, 0.25) is 0 Å². The molecule has 0 nitrogen and oxygen atoms in total. The van der Waals surface area contributed by atoms with E-state index in [0.717, 1.165) is 31.6 Å².